The largest absolute Gasteiger partial charge is 0.497 e. The van der Waals surface area contributed by atoms with Crippen molar-refractivity contribution < 1.29 is 18.7 Å². The average Bonchev–Trinajstić information content (AvgIpc) is 3.32. The van der Waals surface area contributed by atoms with Gasteiger partial charge in [0.25, 0.3) is 5.91 Å². The summed E-state index contributed by atoms with van der Waals surface area (Å²) in [6, 6.07) is 13.2. The fraction of sp³-hybridized carbons (Fsp3) is 0.227. The number of amides is 1. The lowest BCUT2D eigenvalue weighted by Gasteiger charge is -2.11. The Labute approximate surface area is 173 Å². The van der Waals surface area contributed by atoms with Crippen molar-refractivity contribution in [3.63, 3.8) is 0 Å². The van der Waals surface area contributed by atoms with Gasteiger partial charge in [-0.05, 0) is 57.2 Å². The third kappa shape index (κ3) is 3.59. The van der Waals surface area contributed by atoms with Gasteiger partial charge in [-0.1, -0.05) is 6.07 Å². The molecule has 154 valence electrons. The zero-order chi connectivity index (χ0) is 21.3. The molecule has 0 bridgehead atoms. The SMILES string of the molecule is COc1ccc(-n2nc(NC(=O)c3ncoc3C)c3c(OC(C)C)cccc32)cc1. The topological polar surface area (TPSA) is 91.4 Å². The number of carbonyl (C=O) groups is 1. The zero-order valence-electron chi connectivity index (χ0n) is 17.2. The second kappa shape index (κ2) is 7.90. The molecule has 0 saturated heterocycles. The lowest BCUT2D eigenvalue weighted by molar-refractivity contribution is 0.102. The van der Waals surface area contributed by atoms with Crippen LogP contribution in [-0.2, 0) is 0 Å². The van der Waals surface area contributed by atoms with Gasteiger partial charge < -0.3 is 19.2 Å². The van der Waals surface area contributed by atoms with Gasteiger partial charge >= 0.3 is 0 Å². The number of anilines is 1. The fourth-order valence-corrected chi connectivity index (χ4v) is 3.19. The molecule has 1 amide bonds. The van der Waals surface area contributed by atoms with Gasteiger partial charge in [-0.15, -0.1) is 5.10 Å². The number of oxazole rings is 1. The molecule has 0 atom stereocenters. The molecule has 0 radical (unpaired) electrons. The normalized spacial score (nSPS) is 11.1. The molecule has 2 aromatic carbocycles. The Balaban J connectivity index is 1.85. The third-order valence-corrected chi connectivity index (χ3v) is 4.54. The third-order valence-electron chi connectivity index (χ3n) is 4.54. The molecule has 0 aliphatic rings. The molecule has 8 heteroatoms. The van der Waals surface area contributed by atoms with Crippen molar-refractivity contribution in [3.8, 4) is 17.2 Å². The summed E-state index contributed by atoms with van der Waals surface area (Å²) in [6.45, 7) is 5.58. The molecular formula is C22H22N4O4. The Bertz CT molecular complexity index is 1190. The summed E-state index contributed by atoms with van der Waals surface area (Å²) in [4.78, 5) is 16.8. The molecular weight excluding hydrogens is 384 g/mol. The fourth-order valence-electron chi connectivity index (χ4n) is 3.19. The second-order valence-electron chi connectivity index (χ2n) is 6.99. The van der Waals surface area contributed by atoms with E-state index in [0.29, 0.717) is 22.7 Å². The molecule has 4 rings (SSSR count). The predicted molar refractivity (Wildman–Crippen MR) is 113 cm³/mol. The molecule has 30 heavy (non-hydrogen) atoms. The van der Waals surface area contributed by atoms with Crippen LogP contribution in [0.5, 0.6) is 11.5 Å². The van der Waals surface area contributed by atoms with Crippen LogP contribution in [0, 0.1) is 6.92 Å². The first-order valence-corrected chi connectivity index (χ1v) is 9.52. The van der Waals surface area contributed by atoms with Crippen molar-refractivity contribution in [2.75, 3.05) is 12.4 Å². The van der Waals surface area contributed by atoms with E-state index in [9.17, 15) is 4.79 Å². The van der Waals surface area contributed by atoms with Crippen molar-refractivity contribution in [2.24, 2.45) is 0 Å². The minimum Gasteiger partial charge on any atom is -0.497 e. The zero-order valence-corrected chi connectivity index (χ0v) is 17.2. The molecule has 1 N–H and O–H groups in total. The van der Waals surface area contributed by atoms with E-state index in [1.165, 1.54) is 6.39 Å². The lowest BCUT2D eigenvalue weighted by atomic mass is 10.2. The van der Waals surface area contributed by atoms with Crippen molar-refractivity contribution in [2.45, 2.75) is 26.9 Å². The van der Waals surface area contributed by atoms with Crippen LogP contribution in [0.15, 0.2) is 53.3 Å². The summed E-state index contributed by atoms with van der Waals surface area (Å²) in [6.07, 6.45) is 1.20. The summed E-state index contributed by atoms with van der Waals surface area (Å²) < 4.78 is 18.1. The van der Waals surface area contributed by atoms with Crippen LogP contribution in [0.4, 0.5) is 5.82 Å². The van der Waals surface area contributed by atoms with Crippen molar-refractivity contribution in [1.82, 2.24) is 14.8 Å². The number of aromatic nitrogens is 3. The number of benzene rings is 2. The van der Waals surface area contributed by atoms with Gasteiger partial charge in [0.15, 0.2) is 17.9 Å². The van der Waals surface area contributed by atoms with Crippen LogP contribution in [0.2, 0.25) is 0 Å². The summed E-state index contributed by atoms with van der Waals surface area (Å²) in [7, 11) is 1.62. The van der Waals surface area contributed by atoms with Crippen molar-refractivity contribution >= 4 is 22.6 Å². The van der Waals surface area contributed by atoms with Gasteiger partial charge in [0.05, 0.1) is 29.8 Å². The van der Waals surface area contributed by atoms with E-state index in [0.717, 1.165) is 17.0 Å². The number of nitrogens with one attached hydrogen (secondary N) is 1. The van der Waals surface area contributed by atoms with Gasteiger partial charge in [0.2, 0.25) is 0 Å². The van der Waals surface area contributed by atoms with E-state index >= 15 is 0 Å². The van der Waals surface area contributed by atoms with Gasteiger partial charge in [-0.2, -0.15) is 0 Å². The average molecular weight is 406 g/mol. The molecule has 2 aromatic heterocycles. The highest BCUT2D eigenvalue weighted by Crippen LogP contribution is 2.35. The molecule has 2 heterocycles. The van der Waals surface area contributed by atoms with E-state index in [-0.39, 0.29) is 11.8 Å². The number of aryl methyl sites for hydroxylation is 1. The first-order valence-electron chi connectivity index (χ1n) is 9.52. The Morgan fingerprint density at radius 1 is 1.17 bits per heavy atom. The van der Waals surface area contributed by atoms with E-state index in [4.69, 9.17) is 13.9 Å². The number of ether oxygens (including phenoxy) is 2. The number of fused-ring (bicyclic) bond motifs is 1. The standard InChI is InChI=1S/C22H22N4O4/c1-13(2)30-18-7-5-6-17-19(18)21(24-22(27)20-14(3)29-12-23-20)25-26(17)15-8-10-16(28-4)11-9-15/h5-13H,1-4H3,(H,24,25,27). The first kappa shape index (κ1) is 19.5. The summed E-state index contributed by atoms with van der Waals surface area (Å²) in [5.74, 6) is 1.79. The highest BCUT2D eigenvalue weighted by Gasteiger charge is 2.21. The Kier molecular flexibility index (Phi) is 5.14. The minimum absolute atomic E-state index is 0.0405. The molecule has 0 unspecified atom stereocenters. The van der Waals surface area contributed by atoms with Crippen LogP contribution >= 0.6 is 0 Å². The van der Waals surface area contributed by atoms with Crippen LogP contribution in [0.3, 0.4) is 0 Å². The van der Waals surface area contributed by atoms with Gasteiger partial charge in [0, 0.05) is 0 Å². The first-order chi connectivity index (χ1) is 14.5. The molecule has 0 spiro atoms. The number of hydrogen-bond donors (Lipinski definition) is 1. The summed E-state index contributed by atoms with van der Waals surface area (Å²) >= 11 is 0. The lowest BCUT2D eigenvalue weighted by Crippen LogP contribution is -2.14. The molecule has 0 saturated carbocycles. The van der Waals surface area contributed by atoms with Crippen molar-refractivity contribution in [3.05, 3.63) is 60.3 Å². The maximum atomic E-state index is 12.8. The number of nitrogens with zero attached hydrogens (tertiary/aromatic N) is 3. The highest BCUT2D eigenvalue weighted by atomic mass is 16.5. The predicted octanol–water partition coefficient (Wildman–Crippen LogP) is 4.37. The number of hydrogen-bond acceptors (Lipinski definition) is 6. The van der Waals surface area contributed by atoms with E-state index in [1.54, 1.807) is 18.7 Å². The smallest absolute Gasteiger partial charge is 0.279 e. The maximum Gasteiger partial charge on any atom is 0.279 e. The number of methoxy groups -OCH3 is 1. The van der Waals surface area contributed by atoms with E-state index in [1.807, 2.05) is 56.3 Å². The van der Waals surface area contributed by atoms with E-state index < -0.39 is 5.91 Å². The molecule has 0 aliphatic heterocycles. The van der Waals surface area contributed by atoms with Gasteiger partial charge in [0.1, 0.15) is 17.3 Å². The van der Waals surface area contributed by atoms with Gasteiger partial charge in [-0.25, -0.2) is 9.67 Å². The molecule has 0 fully saturated rings. The van der Waals surface area contributed by atoms with Gasteiger partial charge in [-0.3, -0.25) is 4.79 Å². The molecule has 4 aromatic rings. The number of carbonyl (C=O) groups excluding carboxylic acids is 1. The monoisotopic (exact) mass is 406 g/mol. The Morgan fingerprint density at radius 2 is 1.93 bits per heavy atom. The Morgan fingerprint density at radius 3 is 2.57 bits per heavy atom. The summed E-state index contributed by atoms with van der Waals surface area (Å²) in [5, 5.41) is 8.23. The van der Waals surface area contributed by atoms with Crippen LogP contribution in [0.1, 0.15) is 30.1 Å². The van der Waals surface area contributed by atoms with Crippen LogP contribution in [-0.4, -0.2) is 33.9 Å². The number of rotatable bonds is 6. The highest BCUT2D eigenvalue weighted by molar-refractivity contribution is 6.09. The van der Waals surface area contributed by atoms with E-state index in [2.05, 4.69) is 15.4 Å². The molecule has 0 aliphatic carbocycles. The second-order valence-corrected chi connectivity index (χ2v) is 6.99. The molecule has 8 nitrogen and oxygen atoms in total. The minimum atomic E-state index is -0.401. The Hall–Kier alpha value is -3.81. The maximum absolute atomic E-state index is 12.8. The van der Waals surface area contributed by atoms with Crippen molar-refractivity contribution in [1.29, 1.82) is 0 Å². The van der Waals surface area contributed by atoms with Crippen LogP contribution in [0.25, 0.3) is 16.6 Å². The quantitative estimate of drug-likeness (QED) is 0.511. The van der Waals surface area contributed by atoms with Crippen LogP contribution < -0.4 is 14.8 Å². The summed E-state index contributed by atoms with van der Waals surface area (Å²) in [5.41, 5.74) is 1.83.